The molecule has 0 spiro atoms. The smallest absolute Gasteiger partial charge is 0.449 e. The van der Waals surface area contributed by atoms with Crippen LogP contribution in [0.4, 0.5) is 4.79 Å². The zero-order valence-electron chi connectivity index (χ0n) is 21.6. The van der Waals surface area contributed by atoms with E-state index in [0.717, 1.165) is 29.7 Å². The number of unbranched alkanes of at least 4 members (excludes halogenated alkanes) is 1. The molecule has 2 aromatic carbocycles. The van der Waals surface area contributed by atoms with Crippen molar-refractivity contribution in [3.05, 3.63) is 77.4 Å². The Morgan fingerprint density at radius 3 is 2.40 bits per heavy atom. The molecule has 40 heavy (non-hydrogen) atoms. The number of carboxylic acid groups (broad SMARTS) is 1. The minimum Gasteiger partial charge on any atom is -0.449 e. The molecule has 0 aliphatic carbocycles. The van der Waals surface area contributed by atoms with Gasteiger partial charge in [0.25, 0.3) is 20.0 Å². The lowest BCUT2D eigenvalue weighted by molar-refractivity contribution is 0.139. The van der Waals surface area contributed by atoms with Crippen LogP contribution in [0.5, 0.6) is 5.88 Å². The summed E-state index contributed by atoms with van der Waals surface area (Å²) in [6.07, 6.45) is 2.83. The number of nitrogens with one attached hydrogen (secondary N) is 1. The van der Waals surface area contributed by atoms with Crippen molar-refractivity contribution in [1.29, 1.82) is 0 Å². The number of hydrogen-bond acceptors (Lipinski definition) is 9. The minimum atomic E-state index is -4.43. The number of thiophene rings is 1. The Balaban J connectivity index is 1.65. The molecule has 0 aliphatic heterocycles. The number of imidazole rings is 1. The highest BCUT2D eigenvalue weighted by atomic mass is 32.3. The molecule has 2 heterocycles. The Labute approximate surface area is 241 Å². The van der Waals surface area contributed by atoms with Gasteiger partial charge in [0.1, 0.15) is 10.0 Å². The van der Waals surface area contributed by atoms with Gasteiger partial charge in [0.15, 0.2) is 5.03 Å². The number of ether oxygens (including phenoxy) is 1. The first-order chi connectivity index (χ1) is 19.1. The molecule has 212 valence electrons. The minimum absolute atomic E-state index is 0.105. The summed E-state index contributed by atoms with van der Waals surface area (Å²) in [5.74, 6) is 0.866. The maximum Gasteiger partial charge on any atom is 0.512 e. The Hall–Kier alpha value is -3.17. The third kappa shape index (κ3) is 6.75. The van der Waals surface area contributed by atoms with Crippen LogP contribution in [0.25, 0.3) is 11.1 Å². The van der Waals surface area contributed by atoms with Gasteiger partial charge in [-0.05, 0) is 41.3 Å². The Morgan fingerprint density at radius 2 is 1.77 bits per heavy atom. The summed E-state index contributed by atoms with van der Waals surface area (Å²) in [5, 5.41) is 11.3. The van der Waals surface area contributed by atoms with Crippen molar-refractivity contribution in [1.82, 2.24) is 13.7 Å². The van der Waals surface area contributed by atoms with Gasteiger partial charge in [0.2, 0.25) is 5.88 Å². The molecule has 14 heteroatoms. The number of aromatic nitrogens is 2. The molecule has 0 bridgehead atoms. The lowest BCUT2D eigenvalue weighted by atomic mass is 10.0. The highest BCUT2D eigenvalue weighted by molar-refractivity contribution is 8.05. The van der Waals surface area contributed by atoms with E-state index in [1.165, 1.54) is 36.0 Å². The van der Waals surface area contributed by atoms with Crippen molar-refractivity contribution in [3.63, 3.8) is 0 Å². The van der Waals surface area contributed by atoms with E-state index < -0.39 is 26.2 Å². The predicted octanol–water partition coefficient (Wildman–Crippen LogP) is 5.45. The lowest BCUT2D eigenvalue weighted by Gasteiger charge is -2.13. The average molecular weight is 622 g/mol. The highest BCUT2D eigenvalue weighted by Gasteiger charge is 2.27. The van der Waals surface area contributed by atoms with Crippen molar-refractivity contribution < 1.29 is 31.5 Å². The van der Waals surface area contributed by atoms with E-state index in [1.54, 1.807) is 52.6 Å². The van der Waals surface area contributed by atoms with Gasteiger partial charge in [-0.2, -0.15) is 0 Å². The highest BCUT2D eigenvalue weighted by Crippen LogP contribution is 2.32. The molecule has 0 saturated carbocycles. The molecule has 0 radical (unpaired) electrons. The molecule has 2 N–H and O–H groups in total. The molecule has 0 amide bonds. The predicted molar refractivity (Wildman–Crippen MR) is 154 cm³/mol. The van der Waals surface area contributed by atoms with Crippen LogP contribution in [0.3, 0.4) is 0 Å². The van der Waals surface area contributed by atoms with E-state index >= 15 is 0 Å². The average Bonchev–Trinajstić information content (AvgIpc) is 3.57. The third-order valence-corrected chi connectivity index (χ3v) is 11.5. The third-order valence-electron chi connectivity index (χ3n) is 5.86. The van der Waals surface area contributed by atoms with E-state index in [9.17, 15) is 26.7 Å². The standard InChI is InChI=1S/C26H27N3O7S4/c1-3-4-10-22-27-24(37-2)25(36-26(30)31)29(22)17-18-12-14-19(15-13-18)20-8-5-6-9-21(20)39(32,33)28-40(34,35)23-11-7-16-38-23/h5-9,11-16,28H,3-4,10,17H2,1-2H3,(H,30,31). The number of hydrogen-bond donors (Lipinski definition) is 2. The molecule has 0 aliphatic rings. The van der Waals surface area contributed by atoms with Crippen LogP contribution in [0, 0.1) is 0 Å². The summed E-state index contributed by atoms with van der Waals surface area (Å²) in [6.45, 7) is 2.34. The largest absolute Gasteiger partial charge is 0.512 e. The van der Waals surface area contributed by atoms with Gasteiger partial charge in [-0.3, -0.25) is 4.57 Å². The van der Waals surface area contributed by atoms with Gasteiger partial charge in [-0.25, -0.2) is 26.6 Å². The summed E-state index contributed by atoms with van der Waals surface area (Å²) < 4.78 is 60.1. The molecule has 4 aromatic rings. The van der Waals surface area contributed by atoms with Crippen molar-refractivity contribution in [2.24, 2.45) is 0 Å². The summed E-state index contributed by atoms with van der Waals surface area (Å²) in [4.78, 5) is 15.8. The number of carbonyl (C=O) groups is 1. The van der Waals surface area contributed by atoms with Crippen LogP contribution in [0.1, 0.15) is 31.2 Å². The topological polar surface area (TPSA) is 145 Å². The maximum absolute atomic E-state index is 13.2. The van der Waals surface area contributed by atoms with Gasteiger partial charge in [-0.1, -0.05) is 66.0 Å². The number of aryl methyl sites for hydroxylation is 1. The van der Waals surface area contributed by atoms with Crippen molar-refractivity contribution in [2.45, 2.75) is 46.9 Å². The van der Waals surface area contributed by atoms with E-state index in [0.29, 0.717) is 28.4 Å². The molecule has 2 aromatic heterocycles. The zero-order chi connectivity index (χ0) is 28.9. The second-order valence-electron chi connectivity index (χ2n) is 8.62. The van der Waals surface area contributed by atoms with Gasteiger partial charge in [-0.15, -0.1) is 23.1 Å². The van der Waals surface area contributed by atoms with Gasteiger partial charge < -0.3 is 9.84 Å². The van der Waals surface area contributed by atoms with Crippen molar-refractivity contribution >= 4 is 49.3 Å². The van der Waals surface area contributed by atoms with E-state index in [-0.39, 0.29) is 21.5 Å². The van der Waals surface area contributed by atoms with E-state index in [2.05, 4.69) is 11.9 Å². The molecule has 0 atom stereocenters. The zero-order valence-corrected chi connectivity index (χ0v) is 24.9. The fourth-order valence-corrected chi connectivity index (χ4v) is 8.80. The molecule has 4 rings (SSSR count). The second-order valence-corrected chi connectivity index (χ2v) is 14.2. The molecular weight excluding hydrogens is 595 g/mol. The summed E-state index contributed by atoms with van der Waals surface area (Å²) in [5.41, 5.74) is 1.69. The second kappa shape index (κ2) is 12.6. The Bertz CT molecular complexity index is 1700. The number of rotatable bonds is 12. The summed E-state index contributed by atoms with van der Waals surface area (Å²) >= 11 is 2.21. The van der Waals surface area contributed by atoms with Crippen molar-refractivity contribution in [2.75, 3.05) is 6.26 Å². The fourth-order valence-electron chi connectivity index (χ4n) is 4.02. The first kappa shape index (κ1) is 29.8. The summed E-state index contributed by atoms with van der Waals surface area (Å²) in [7, 11) is -8.70. The van der Waals surface area contributed by atoms with Crippen LogP contribution in [0.2, 0.25) is 0 Å². The molecule has 0 saturated heterocycles. The van der Waals surface area contributed by atoms with Gasteiger partial charge in [0.05, 0.1) is 11.4 Å². The molecule has 0 unspecified atom stereocenters. The van der Waals surface area contributed by atoms with Crippen LogP contribution in [-0.2, 0) is 33.0 Å². The SMILES string of the molecule is CCCCc1nc(SC)c(OC(=O)O)n1Cc1ccc(-c2ccccc2S(=O)(=O)NS(=O)(=O)c2cccs2)cc1. The molecule has 0 fully saturated rings. The van der Waals surface area contributed by atoms with Gasteiger partial charge in [0, 0.05) is 12.0 Å². The summed E-state index contributed by atoms with van der Waals surface area (Å²) in [6, 6.07) is 16.0. The number of thioether (sulfide) groups is 1. The Morgan fingerprint density at radius 1 is 1.05 bits per heavy atom. The van der Waals surface area contributed by atoms with Crippen molar-refractivity contribution in [3.8, 4) is 17.0 Å². The molecule has 10 nitrogen and oxygen atoms in total. The van der Waals surface area contributed by atoms with Crippen LogP contribution in [-0.4, -0.2) is 43.9 Å². The fraction of sp³-hybridized carbons (Fsp3) is 0.231. The normalized spacial score (nSPS) is 11.9. The van der Waals surface area contributed by atoms with Crippen LogP contribution < -0.4 is 8.86 Å². The quantitative estimate of drug-likeness (QED) is 0.156. The van der Waals surface area contributed by atoms with E-state index in [1.807, 2.05) is 4.13 Å². The molecular formula is C26H27N3O7S4. The van der Waals surface area contributed by atoms with Crippen LogP contribution >= 0.6 is 23.1 Å². The Kier molecular flexibility index (Phi) is 9.36. The first-order valence-electron chi connectivity index (χ1n) is 12.1. The van der Waals surface area contributed by atoms with E-state index in [4.69, 9.17) is 4.74 Å². The number of benzene rings is 2. The first-order valence-corrected chi connectivity index (χ1v) is 17.2. The monoisotopic (exact) mass is 621 g/mol. The van der Waals surface area contributed by atoms with Gasteiger partial charge >= 0.3 is 6.16 Å². The number of sulfonamides is 2. The number of nitrogens with zero attached hydrogens (tertiary/aromatic N) is 2. The lowest BCUT2D eigenvalue weighted by Crippen LogP contribution is -2.30. The van der Waals surface area contributed by atoms with Crippen LogP contribution in [0.15, 0.2) is 80.2 Å². The maximum atomic E-state index is 13.2.